The van der Waals surface area contributed by atoms with Crippen LogP contribution in [0, 0.1) is 0 Å². The normalized spacial score (nSPS) is 14.2. The predicted octanol–water partition coefficient (Wildman–Crippen LogP) is 2.87. The van der Waals surface area contributed by atoms with Crippen molar-refractivity contribution in [1.29, 1.82) is 0 Å². The molecule has 0 unspecified atom stereocenters. The topological polar surface area (TPSA) is 68.0 Å². The van der Waals surface area contributed by atoms with Crippen molar-refractivity contribution < 1.29 is 9.32 Å². The smallest absolute Gasteiger partial charge is 0.258 e. The van der Waals surface area contributed by atoms with E-state index in [9.17, 15) is 4.79 Å². The molecule has 0 radical (unpaired) electrons. The molecule has 0 spiro atoms. The van der Waals surface area contributed by atoms with Gasteiger partial charge in [0.25, 0.3) is 5.89 Å². The zero-order valence-electron chi connectivity index (χ0n) is 10.9. The van der Waals surface area contributed by atoms with Crippen LogP contribution in [0.1, 0.15) is 31.0 Å². The number of rotatable bonds is 5. The van der Waals surface area contributed by atoms with Crippen LogP contribution in [0.4, 0.5) is 5.69 Å². The first-order chi connectivity index (χ1) is 9.76. The number of thiol groups is 1. The summed E-state index contributed by atoms with van der Waals surface area (Å²) in [6, 6.07) is 7.41. The van der Waals surface area contributed by atoms with Gasteiger partial charge in [-0.25, -0.2) is 0 Å². The molecule has 1 amide bonds. The largest absolute Gasteiger partial charge is 0.334 e. The van der Waals surface area contributed by atoms with Gasteiger partial charge in [-0.3, -0.25) is 4.79 Å². The maximum atomic E-state index is 11.6. The molecular weight excluding hydrogens is 274 g/mol. The zero-order valence-corrected chi connectivity index (χ0v) is 11.8. The number of aromatic nitrogens is 2. The lowest BCUT2D eigenvalue weighted by molar-refractivity contribution is -0.115. The van der Waals surface area contributed by atoms with Crippen molar-refractivity contribution in [2.24, 2.45) is 0 Å². The van der Waals surface area contributed by atoms with Crippen LogP contribution < -0.4 is 5.32 Å². The molecule has 1 heterocycles. The van der Waals surface area contributed by atoms with E-state index in [4.69, 9.17) is 4.52 Å². The number of hydrogen-bond donors (Lipinski definition) is 2. The molecule has 0 saturated heterocycles. The maximum absolute atomic E-state index is 11.6. The highest BCUT2D eigenvalue weighted by molar-refractivity contribution is 7.80. The van der Waals surface area contributed by atoms with E-state index in [1.807, 2.05) is 24.3 Å². The van der Waals surface area contributed by atoms with Crippen molar-refractivity contribution in [3.05, 3.63) is 30.1 Å². The van der Waals surface area contributed by atoms with E-state index in [1.165, 1.54) is 0 Å². The fraction of sp³-hybridized carbons (Fsp3) is 0.357. The van der Waals surface area contributed by atoms with Gasteiger partial charge in [-0.15, -0.1) is 0 Å². The molecule has 1 aromatic carbocycles. The van der Waals surface area contributed by atoms with Gasteiger partial charge in [0, 0.05) is 23.6 Å². The van der Waals surface area contributed by atoms with Crippen LogP contribution in [0.25, 0.3) is 11.5 Å². The molecule has 2 aromatic rings. The monoisotopic (exact) mass is 289 g/mol. The maximum Gasteiger partial charge on any atom is 0.258 e. The second-order valence-electron chi connectivity index (χ2n) is 4.83. The third kappa shape index (κ3) is 3.01. The van der Waals surface area contributed by atoms with Crippen molar-refractivity contribution in [1.82, 2.24) is 10.1 Å². The summed E-state index contributed by atoms with van der Waals surface area (Å²) in [6.45, 7) is 0. The molecule has 1 N–H and O–H groups in total. The Morgan fingerprint density at radius 3 is 3.05 bits per heavy atom. The van der Waals surface area contributed by atoms with Gasteiger partial charge in [-0.2, -0.15) is 17.6 Å². The van der Waals surface area contributed by atoms with Gasteiger partial charge in [0.05, 0.1) is 0 Å². The Hall–Kier alpha value is -1.82. The Labute approximate surface area is 122 Å². The van der Waals surface area contributed by atoms with Crippen LogP contribution in [0.5, 0.6) is 0 Å². The molecule has 1 fully saturated rings. The van der Waals surface area contributed by atoms with Crippen LogP contribution in [0.3, 0.4) is 0 Å². The van der Waals surface area contributed by atoms with Gasteiger partial charge < -0.3 is 9.84 Å². The van der Waals surface area contributed by atoms with Crippen LogP contribution in [0.2, 0.25) is 0 Å². The van der Waals surface area contributed by atoms with Crippen molar-refractivity contribution in [2.75, 3.05) is 11.1 Å². The molecule has 5 nitrogen and oxygen atoms in total. The van der Waals surface area contributed by atoms with E-state index in [-0.39, 0.29) is 5.91 Å². The van der Waals surface area contributed by atoms with E-state index < -0.39 is 0 Å². The highest BCUT2D eigenvalue weighted by Gasteiger charge is 2.28. The van der Waals surface area contributed by atoms with Crippen LogP contribution in [0.15, 0.2) is 28.8 Å². The minimum absolute atomic E-state index is 0.0543. The minimum Gasteiger partial charge on any atom is -0.334 e. The molecule has 1 aliphatic rings. The van der Waals surface area contributed by atoms with Gasteiger partial charge in [0.2, 0.25) is 5.91 Å². The number of nitrogens with one attached hydrogen (secondary N) is 1. The predicted molar refractivity (Wildman–Crippen MR) is 78.8 cm³/mol. The first-order valence-electron chi connectivity index (χ1n) is 6.61. The summed E-state index contributed by atoms with van der Waals surface area (Å²) in [7, 11) is 0. The lowest BCUT2D eigenvalue weighted by atomic mass is 10.2. The second kappa shape index (κ2) is 5.66. The zero-order chi connectivity index (χ0) is 13.9. The SMILES string of the molecule is O=C(CCS)Nc1cccc(-c2nc(C3CC3)no2)c1. The first-order valence-corrected chi connectivity index (χ1v) is 7.24. The minimum atomic E-state index is -0.0543. The Balaban J connectivity index is 1.77. The molecular formula is C14H15N3O2S. The molecule has 104 valence electrons. The summed E-state index contributed by atoms with van der Waals surface area (Å²) >= 11 is 4.04. The Bertz CT molecular complexity index is 622. The molecule has 0 bridgehead atoms. The first kappa shape index (κ1) is 13.2. The van der Waals surface area contributed by atoms with Crippen LogP contribution >= 0.6 is 12.6 Å². The van der Waals surface area contributed by atoms with Crippen LogP contribution in [-0.2, 0) is 4.79 Å². The van der Waals surface area contributed by atoms with E-state index in [0.717, 1.165) is 29.9 Å². The van der Waals surface area contributed by atoms with Gasteiger partial charge in [-0.05, 0) is 36.8 Å². The fourth-order valence-corrected chi connectivity index (χ4v) is 2.12. The quantitative estimate of drug-likeness (QED) is 0.831. The van der Waals surface area contributed by atoms with E-state index >= 15 is 0 Å². The van der Waals surface area contributed by atoms with E-state index in [2.05, 4.69) is 28.1 Å². The van der Waals surface area contributed by atoms with Gasteiger partial charge in [0.1, 0.15) is 0 Å². The third-order valence-electron chi connectivity index (χ3n) is 3.12. The van der Waals surface area contributed by atoms with Crippen molar-refractivity contribution in [2.45, 2.75) is 25.2 Å². The van der Waals surface area contributed by atoms with E-state index in [1.54, 1.807) is 0 Å². The molecule has 1 aliphatic carbocycles. The van der Waals surface area contributed by atoms with Gasteiger partial charge >= 0.3 is 0 Å². The summed E-state index contributed by atoms with van der Waals surface area (Å²) in [5.41, 5.74) is 1.54. The summed E-state index contributed by atoms with van der Waals surface area (Å²) < 4.78 is 5.27. The summed E-state index contributed by atoms with van der Waals surface area (Å²) in [5.74, 6) is 2.22. The molecule has 6 heteroatoms. The van der Waals surface area contributed by atoms with Gasteiger partial charge in [0.15, 0.2) is 5.82 Å². The number of carbonyl (C=O) groups excluding carboxylic acids is 1. The number of benzene rings is 1. The number of carbonyl (C=O) groups is 1. The molecule has 0 aliphatic heterocycles. The average molecular weight is 289 g/mol. The standard InChI is InChI=1S/C14H15N3O2S/c18-12(6-7-20)15-11-3-1-2-10(8-11)14-16-13(17-19-14)9-4-5-9/h1-3,8-9,20H,4-7H2,(H,15,18). The lowest BCUT2D eigenvalue weighted by Gasteiger charge is -2.04. The Morgan fingerprint density at radius 2 is 2.30 bits per heavy atom. The highest BCUT2D eigenvalue weighted by Crippen LogP contribution is 2.38. The molecule has 3 rings (SSSR count). The molecule has 1 aromatic heterocycles. The Kier molecular flexibility index (Phi) is 3.73. The van der Waals surface area contributed by atoms with E-state index in [0.29, 0.717) is 24.0 Å². The molecule has 20 heavy (non-hydrogen) atoms. The fourth-order valence-electron chi connectivity index (χ4n) is 1.91. The van der Waals surface area contributed by atoms with Crippen molar-refractivity contribution >= 4 is 24.2 Å². The van der Waals surface area contributed by atoms with Crippen molar-refractivity contribution in [3.8, 4) is 11.5 Å². The number of nitrogens with zero attached hydrogens (tertiary/aromatic N) is 2. The molecule has 1 saturated carbocycles. The Morgan fingerprint density at radius 1 is 1.45 bits per heavy atom. The summed E-state index contributed by atoms with van der Waals surface area (Å²) in [6.07, 6.45) is 2.66. The summed E-state index contributed by atoms with van der Waals surface area (Å²) in [4.78, 5) is 15.9. The third-order valence-corrected chi connectivity index (χ3v) is 3.34. The number of hydrogen-bond acceptors (Lipinski definition) is 5. The lowest BCUT2D eigenvalue weighted by Crippen LogP contribution is -2.11. The summed E-state index contributed by atoms with van der Waals surface area (Å²) in [5, 5.41) is 6.81. The molecule has 0 atom stereocenters. The number of anilines is 1. The highest BCUT2D eigenvalue weighted by atomic mass is 32.1. The van der Waals surface area contributed by atoms with Crippen molar-refractivity contribution in [3.63, 3.8) is 0 Å². The van der Waals surface area contributed by atoms with Gasteiger partial charge in [-0.1, -0.05) is 11.2 Å². The second-order valence-corrected chi connectivity index (χ2v) is 5.28. The number of amides is 1. The average Bonchev–Trinajstić information content (AvgIpc) is 3.17. The van der Waals surface area contributed by atoms with Crippen LogP contribution in [-0.4, -0.2) is 21.8 Å².